The molecule has 0 aromatic rings. The largest absolute Gasteiger partial charge is 0.376 e. The summed E-state index contributed by atoms with van der Waals surface area (Å²) < 4.78 is 20.4. The molecular weight excluding hydrogens is 188 g/mol. The lowest BCUT2D eigenvalue weighted by molar-refractivity contribution is -0.267. The predicted octanol–water partition coefficient (Wildman–Crippen LogP) is 0.0161. The van der Waals surface area contributed by atoms with Gasteiger partial charge in [0.1, 0.15) is 18.3 Å². The number of hydrogen-bond acceptors (Lipinski definition) is 5. The standard InChI is InChI=1S/C8H16O5.CH4/c1-10-5-4-13-8(9)7(12-3)6(5)11-2;/h5-9H,4H2,1-3H3;1H4/t5-,6+,7+,8?;/m0./s1. The van der Waals surface area contributed by atoms with Crippen LogP contribution in [-0.4, -0.2) is 57.6 Å². The summed E-state index contributed by atoms with van der Waals surface area (Å²) in [6.45, 7) is 0.316. The molecular formula is C9H20O5. The molecule has 4 atom stereocenters. The maximum Gasteiger partial charge on any atom is 0.183 e. The maximum atomic E-state index is 9.40. The van der Waals surface area contributed by atoms with Crippen LogP contribution in [0, 0.1) is 0 Å². The van der Waals surface area contributed by atoms with Crippen molar-refractivity contribution in [3.8, 4) is 0 Å². The zero-order valence-corrected chi connectivity index (χ0v) is 8.10. The van der Waals surface area contributed by atoms with E-state index < -0.39 is 12.4 Å². The van der Waals surface area contributed by atoms with Crippen LogP contribution >= 0.6 is 0 Å². The fourth-order valence-electron chi connectivity index (χ4n) is 1.50. The van der Waals surface area contributed by atoms with Crippen LogP contribution in [0.5, 0.6) is 0 Å². The number of aliphatic hydroxyl groups is 1. The Morgan fingerprint density at radius 3 is 2.07 bits per heavy atom. The van der Waals surface area contributed by atoms with Crippen molar-refractivity contribution in [1.29, 1.82) is 0 Å². The van der Waals surface area contributed by atoms with Crippen molar-refractivity contribution in [1.82, 2.24) is 0 Å². The van der Waals surface area contributed by atoms with E-state index in [0.717, 1.165) is 0 Å². The zero-order valence-electron chi connectivity index (χ0n) is 8.10. The molecule has 0 spiro atoms. The molecule has 0 amide bonds. The van der Waals surface area contributed by atoms with E-state index in [2.05, 4.69) is 0 Å². The van der Waals surface area contributed by atoms with Crippen molar-refractivity contribution in [2.45, 2.75) is 32.0 Å². The Morgan fingerprint density at radius 1 is 1.07 bits per heavy atom. The van der Waals surface area contributed by atoms with Crippen LogP contribution < -0.4 is 0 Å². The van der Waals surface area contributed by atoms with Gasteiger partial charge in [0.05, 0.1) is 6.61 Å². The van der Waals surface area contributed by atoms with Gasteiger partial charge in [-0.1, -0.05) is 7.43 Å². The van der Waals surface area contributed by atoms with Gasteiger partial charge in [-0.3, -0.25) is 0 Å². The van der Waals surface area contributed by atoms with Crippen molar-refractivity contribution in [2.75, 3.05) is 27.9 Å². The Bertz CT molecular complexity index is 152. The SMILES string of the molecule is C.CO[C@@H]1[C@@H](OC)COC(O)[C@@H]1OC. The molecule has 0 radical (unpaired) electrons. The number of hydrogen-bond donors (Lipinski definition) is 1. The molecule has 1 unspecified atom stereocenters. The van der Waals surface area contributed by atoms with Crippen LogP contribution in [0.1, 0.15) is 7.43 Å². The minimum atomic E-state index is -0.943. The average Bonchev–Trinajstić information content (AvgIpc) is 2.17. The van der Waals surface area contributed by atoms with E-state index in [0.29, 0.717) is 6.61 Å². The van der Waals surface area contributed by atoms with E-state index in [4.69, 9.17) is 18.9 Å². The van der Waals surface area contributed by atoms with Gasteiger partial charge in [-0.05, 0) is 0 Å². The quantitative estimate of drug-likeness (QED) is 0.708. The van der Waals surface area contributed by atoms with Crippen LogP contribution in [0.15, 0.2) is 0 Å². The molecule has 1 heterocycles. The summed E-state index contributed by atoms with van der Waals surface area (Å²) in [5.74, 6) is 0. The third-order valence-corrected chi connectivity index (χ3v) is 2.25. The molecule has 1 fully saturated rings. The molecule has 5 nitrogen and oxygen atoms in total. The van der Waals surface area contributed by atoms with Crippen molar-refractivity contribution >= 4 is 0 Å². The summed E-state index contributed by atoms with van der Waals surface area (Å²) in [5.41, 5.74) is 0. The van der Waals surface area contributed by atoms with E-state index >= 15 is 0 Å². The van der Waals surface area contributed by atoms with Crippen molar-refractivity contribution in [3.05, 3.63) is 0 Å². The highest BCUT2D eigenvalue weighted by Gasteiger charge is 2.40. The Kier molecular flexibility index (Phi) is 6.22. The molecule has 0 bridgehead atoms. The first-order valence-corrected chi connectivity index (χ1v) is 4.12. The Balaban J connectivity index is 0.00000169. The minimum absolute atomic E-state index is 0. The highest BCUT2D eigenvalue weighted by molar-refractivity contribution is 4.85. The van der Waals surface area contributed by atoms with Gasteiger partial charge in [-0.15, -0.1) is 0 Å². The summed E-state index contributed by atoms with van der Waals surface area (Å²) in [6, 6.07) is 0. The van der Waals surface area contributed by atoms with Gasteiger partial charge in [0.25, 0.3) is 0 Å². The van der Waals surface area contributed by atoms with Crippen LogP contribution in [0.25, 0.3) is 0 Å². The van der Waals surface area contributed by atoms with Crippen molar-refractivity contribution in [2.24, 2.45) is 0 Å². The highest BCUT2D eigenvalue weighted by Crippen LogP contribution is 2.20. The smallest absolute Gasteiger partial charge is 0.183 e. The number of ether oxygens (including phenoxy) is 4. The lowest BCUT2D eigenvalue weighted by Gasteiger charge is -2.38. The topological polar surface area (TPSA) is 57.2 Å². The summed E-state index contributed by atoms with van der Waals surface area (Å²) in [6.07, 6.45) is -1.93. The van der Waals surface area contributed by atoms with Gasteiger partial charge in [-0.2, -0.15) is 0 Å². The molecule has 0 saturated carbocycles. The number of rotatable bonds is 3. The number of methoxy groups -OCH3 is 3. The molecule has 1 saturated heterocycles. The second kappa shape index (κ2) is 6.31. The first kappa shape index (κ1) is 13.8. The molecule has 0 aliphatic carbocycles. The first-order valence-electron chi connectivity index (χ1n) is 4.12. The van der Waals surface area contributed by atoms with Gasteiger partial charge < -0.3 is 24.1 Å². The average molecular weight is 208 g/mol. The molecule has 14 heavy (non-hydrogen) atoms. The van der Waals surface area contributed by atoms with Gasteiger partial charge in [0.15, 0.2) is 6.29 Å². The molecule has 1 rings (SSSR count). The maximum absolute atomic E-state index is 9.40. The fraction of sp³-hybridized carbons (Fsp3) is 1.00. The van der Waals surface area contributed by atoms with Gasteiger partial charge in [0.2, 0.25) is 0 Å². The van der Waals surface area contributed by atoms with Crippen LogP contribution in [0.3, 0.4) is 0 Å². The van der Waals surface area contributed by atoms with E-state index in [9.17, 15) is 5.11 Å². The summed E-state index contributed by atoms with van der Waals surface area (Å²) >= 11 is 0. The zero-order chi connectivity index (χ0) is 9.84. The highest BCUT2D eigenvalue weighted by atomic mass is 16.7. The molecule has 86 valence electrons. The molecule has 1 N–H and O–H groups in total. The third kappa shape index (κ3) is 2.65. The van der Waals surface area contributed by atoms with Gasteiger partial charge >= 0.3 is 0 Å². The molecule has 1 aliphatic heterocycles. The second-order valence-electron chi connectivity index (χ2n) is 2.90. The summed E-state index contributed by atoms with van der Waals surface area (Å²) in [7, 11) is 4.63. The van der Waals surface area contributed by atoms with E-state index in [1.807, 2.05) is 0 Å². The van der Waals surface area contributed by atoms with Gasteiger partial charge in [-0.25, -0.2) is 0 Å². The number of aliphatic hydroxyl groups excluding tert-OH is 1. The first-order chi connectivity index (χ1) is 6.24. The molecule has 0 aromatic carbocycles. The summed E-state index contributed by atoms with van der Waals surface area (Å²) in [5, 5.41) is 9.40. The Labute approximate surface area is 84.9 Å². The van der Waals surface area contributed by atoms with Crippen LogP contribution in [0.2, 0.25) is 0 Å². The molecule has 5 heteroatoms. The third-order valence-electron chi connectivity index (χ3n) is 2.25. The van der Waals surface area contributed by atoms with E-state index in [1.54, 1.807) is 14.2 Å². The Morgan fingerprint density at radius 2 is 1.64 bits per heavy atom. The van der Waals surface area contributed by atoms with Crippen molar-refractivity contribution in [3.63, 3.8) is 0 Å². The fourth-order valence-corrected chi connectivity index (χ4v) is 1.50. The minimum Gasteiger partial charge on any atom is -0.376 e. The van der Waals surface area contributed by atoms with Gasteiger partial charge in [0, 0.05) is 21.3 Å². The van der Waals surface area contributed by atoms with E-state index in [-0.39, 0.29) is 19.6 Å². The van der Waals surface area contributed by atoms with Crippen LogP contribution in [0.4, 0.5) is 0 Å². The molecule has 0 aromatic heterocycles. The van der Waals surface area contributed by atoms with Crippen LogP contribution in [-0.2, 0) is 18.9 Å². The lowest BCUT2D eigenvalue weighted by atomic mass is 10.1. The predicted molar refractivity (Wildman–Crippen MR) is 51.1 cm³/mol. The monoisotopic (exact) mass is 208 g/mol. The molecule has 1 aliphatic rings. The lowest BCUT2D eigenvalue weighted by Crippen LogP contribution is -2.55. The van der Waals surface area contributed by atoms with E-state index in [1.165, 1.54) is 7.11 Å². The van der Waals surface area contributed by atoms with Crippen molar-refractivity contribution < 1.29 is 24.1 Å². The summed E-state index contributed by atoms with van der Waals surface area (Å²) in [4.78, 5) is 0. The Hall–Kier alpha value is -0.200. The normalized spacial score (nSPS) is 37.7. The second-order valence-corrected chi connectivity index (χ2v) is 2.90.